The largest absolute Gasteiger partial charge is 0.507 e. The molecule has 1 fully saturated rings. The predicted molar refractivity (Wildman–Crippen MR) is 118 cm³/mol. The number of amides is 1. The van der Waals surface area contributed by atoms with E-state index in [1.54, 1.807) is 12.1 Å². The van der Waals surface area contributed by atoms with Gasteiger partial charge in [0.1, 0.15) is 5.75 Å². The Balaban J connectivity index is 1.72. The van der Waals surface area contributed by atoms with Crippen molar-refractivity contribution in [1.82, 2.24) is 15.4 Å². The summed E-state index contributed by atoms with van der Waals surface area (Å²) in [6, 6.07) is 12.6. The lowest BCUT2D eigenvalue weighted by molar-refractivity contribution is 0.0342. The summed E-state index contributed by atoms with van der Waals surface area (Å²) in [6.07, 6.45) is 0. The standard InChI is InChI=1S/C23H24ClN3O4/c1-2-25-23(29)21-20(22(31-26-21)18-13-17(24)7-8-19(18)28)16-5-3-15(4-6-16)14-27-9-11-30-12-10-27/h3-8,13,28H,2,9-12,14H2,1H3,(H,25,29). The monoisotopic (exact) mass is 441 g/mol. The molecule has 1 aromatic heterocycles. The van der Waals surface area contributed by atoms with Crippen LogP contribution in [0.5, 0.6) is 5.75 Å². The summed E-state index contributed by atoms with van der Waals surface area (Å²) in [5.41, 5.74) is 2.98. The fraction of sp³-hybridized carbons (Fsp3) is 0.304. The molecule has 1 saturated heterocycles. The molecule has 4 rings (SSSR count). The van der Waals surface area contributed by atoms with Crippen molar-refractivity contribution in [2.75, 3.05) is 32.8 Å². The Kier molecular flexibility index (Phi) is 6.56. The Labute approximate surface area is 185 Å². The third kappa shape index (κ3) is 4.74. The number of morpholine rings is 1. The summed E-state index contributed by atoms with van der Waals surface area (Å²) in [7, 11) is 0. The minimum absolute atomic E-state index is 0.00631. The molecule has 2 aromatic carbocycles. The maximum absolute atomic E-state index is 12.6. The van der Waals surface area contributed by atoms with Crippen molar-refractivity contribution in [2.24, 2.45) is 0 Å². The van der Waals surface area contributed by atoms with E-state index in [-0.39, 0.29) is 17.4 Å². The smallest absolute Gasteiger partial charge is 0.274 e. The number of nitrogens with one attached hydrogen (secondary N) is 1. The van der Waals surface area contributed by atoms with Crippen LogP contribution >= 0.6 is 11.6 Å². The second kappa shape index (κ2) is 9.51. The quantitative estimate of drug-likeness (QED) is 0.602. The summed E-state index contributed by atoms with van der Waals surface area (Å²) in [5.74, 6) is -0.0539. The van der Waals surface area contributed by atoms with E-state index in [1.807, 2.05) is 31.2 Å². The van der Waals surface area contributed by atoms with Crippen LogP contribution in [0.2, 0.25) is 5.02 Å². The Morgan fingerprint density at radius 3 is 2.65 bits per heavy atom. The number of benzene rings is 2. The lowest BCUT2D eigenvalue weighted by atomic mass is 9.97. The van der Waals surface area contributed by atoms with E-state index in [2.05, 4.69) is 15.4 Å². The molecular weight excluding hydrogens is 418 g/mol. The SMILES string of the molecule is CCNC(=O)c1noc(-c2cc(Cl)ccc2O)c1-c1ccc(CN2CCOCC2)cc1. The third-order valence-corrected chi connectivity index (χ3v) is 5.44. The minimum atomic E-state index is -0.341. The molecule has 2 heterocycles. The van der Waals surface area contributed by atoms with Gasteiger partial charge in [-0.15, -0.1) is 0 Å². The fourth-order valence-electron chi connectivity index (χ4n) is 3.63. The number of hydrogen-bond acceptors (Lipinski definition) is 6. The van der Waals surface area contributed by atoms with Gasteiger partial charge in [-0.25, -0.2) is 0 Å². The zero-order chi connectivity index (χ0) is 21.8. The van der Waals surface area contributed by atoms with Gasteiger partial charge in [-0.2, -0.15) is 0 Å². The maximum atomic E-state index is 12.6. The number of hydrogen-bond donors (Lipinski definition) is 2. The molecular formula is C23H24ClN3O4. The van der Waals surface area contributed by atoms with Gasteiger partial charge >= 0.3 is 0 Å². The second-order valence-electron chi connectivity index (χ2n) is 7.34. The molecule has 0 aliphatic carbocycles. The van der Waals surface area contributed by atoms with Crippen LogP contribution in [0.15, 0.2) is 47.0 Å². The average Bonchev–Trinajstić information content (AvgIpc) is 3.22. The van der Waals surface area contributed by atoms with E-state index in [1.165, 1.54) is 6.07 Å². The van der Waals surface area contributed by atoms with Gasteiger partial charge in [-0.1, -0.05) is 41.0 Å². The number of phenols is 1. The molecule has 162 valence electrons. The van der Waals surface area contributed by atoms with Gasteiger partial charge in [0.15, 0.2) is 11.5 Å². The molecule has 0 saturated carbocycles. The molecule has 3 aromatic rings. The van der Waals surface area contributed by atoms with Crippen LogP contribution in [-0.2, 0) is 11.3 Å². The lowest BCUT2D eigenvalue weighted by Gasteiger charge is -2.26. The molecule has 0 radical (unpaired) electrons. The van der Waals surface area contributed by atoms with Crippen molar-refractivity contribution < 1.29 is 19.2 Å². The van der Waals surface area contributed by atoms with Crippen LogP contribution in [0, 0.1) is 0 Å². The topological polar surface area (TPSA) is 87.8 Å². The van der Waals surface area contributed by atoms with Gasteiger partial charge < -0.3 is 19.7 Å². The van der Waals surface area contributed by atoms with Crippen LogP contribution < -0.4 is 5.32 Å². The molecule has 2 N–H and O–H groups in total. The predicted octanol–water partition coefficient (Wildman–Crippen LogP) is 3.95. The summed E-state index contributed by atoms with van der Waals surface area (Å²) >= 11 is 6.13. The number of ether oxygens (including phenoxy) is 1. The summed E-state index contributed by atoms with van der Waals surface area (Å²) in [4.78, 5) is 15.0. The molecule has 0 atom stereocenters. The van der Waals surface area contributed by atoms with E-state index >= 15 is 0 Å². The molecule has 1 amide bonds. The van der Waals surface area contributed by atoms with Crippen molar-refractivity contribution in [3.8, 4) is 28.2 Å². The van der Waals surface area contributed by atoms with Crippen molar-refractivity contribution in [2.45, 2.75) is 13.5 Å². The number of halogens is 1. The third-order valence-electron chi connectivity index (χ3n) is 5.20. The molecule has 1 aliphatic heterocycles. The van der Waals surface area contributed by atoms with Crippen LogP contribution in [-0.4, -0.2) is 53.9 Å². The van der Waals surface area contributed by atoms with E-state index in [4.69, 9.17) is 20.9 Å². The normalized spacial score (nSPS) is 14.5. The summed E-state index contributed by atoms with van der Waals surface area (Å²) in [6.45, 7) is 6.45. The number of aromatic nitrogens is 1. The Morgan fingerprint density at radius 1 is 1.19 bits per heavy atom. The van der Waals surface area contributed by atoms with Gasteiger partial charge in [-0.3, -0.25) is 9.69 Å². The molecule has 7 nitrogen and oxygen atoms in total. The van der Waals surface area contributed by atoms with Crippen molar-refractivity contribution in [1.29, 1.82) is 0 Å². The van der Waals surface area contributed by atoms with Crippen molar-refractivity contribution >= 4 is 17.5 Å². The van der Waals surface area contributed by atoms with E-state index in [0.29, 0.717) is 28.5 Å². The van der Waals surface area contributed by atoms with Gasteiger partial charge in [0.25, 0.3) is 5.91 Å². The molecule has 0 bridgehead atoms. The van der Waals surface area contributed by atoms with Gasteiger partial charge in [-0.05, 0) is 36.2 Å². The Morgan fingerprint density at radius 2 is 1.94 bits per heavy atom. The second-order valence-corrected chi connectivity index (χ2v) is 7.78. The Bertz CT molecular complexity index is 1060. The van der Waals surface area contributed by atoms with Crippen LogP contribution in [0.4, 0.5) is 0 Å². The highest BCUT2D eigenvalue weighted by molar-refractivity contribution is 6.31. The minimum Gasteiger partial charge on any atom is -0.507 e. The van der Waals surface area contributed by atoms with E-state index in [0.717, 1.165) is 44.0 Å². The number of phenolic OH excluding ortho intramolecular Hbond substituents is 1. The fourth-order valence-corrected chi connectivity index (χ4v) is 3.80. The molecule has 31 heavy (non-hydrogen) atoms. The number of aromatic hydroxyl groups is 1. The van der Waals surface area contributed by atoms with Gasteiger partial charge in [0.05, 0.1) is 24.3 Å². The van der Waals surface area contributed by atoms with E-state index < -0.39 is 0 Å². The highest BCUT2D eigenvalue weighted by Gasteiger charge is 2.26. The maximum Gasteiger partial charge on any atom is 0.274 e. The highest BCUT2D eigenvalue weighted by Crippen LogP contribution is 2.40. The molecule has 8 heteroatoms. The number of carbonyl (C=O) groups is 1. The first-order valence-electron chi connectivity index (χ1n) is 10.2. The zero-order valence-electron chi connectivity index (χ0n) is 17.2. The van der Waals surface area contributed by atoms with Gasteiger partial charge in [0.2, 0.25) is 0 Å². The first kappa shape index (κ1) is 21.4. The summed E-state index contributed by atoms with van der Waals surface area (Å²) < 4.78 is 10.9. The molecule has 0 unspecified atom stereocenters. The van der Waals surface area contributed by atoms with Crippen molar-refractivity contribution in [3.63, 3.8) is 0 Å². The zero-order valence-corrected chi connectivity index (χ0v) is 18.0. The number of rotatable bonds is 6. The van der Waals surface area contributed by atoms with Crippen LogP contribution in [0.25, 0.3) is 22.5 Å². The Hall–Kier alpha value is -2.87. The van der Waals surface area contributed by atoms with Crippen molar-refractivity contribution in [3.05, 3.63) is 58.7 Å². The first-order chi connectivity index (χ1) is 15.1. The molecule has 0 spiro atoms. The average molecular weight is 442 g/mol. The van der Waals surface area contributed by atoms with Gasteiger partial charge in [0, 0.05) is 31.2 Å². The highest BCUT2D eigenvalue weighted by atomic mass is 35.5. The lowest BCUT2D eigenvalue weighted by Crippen LogP contribution is -2.35. The molecule has 1 aliphatic rings. The number of carbonyl (C=O) groups excluding carboxylic acids is 1. The summed E-state index contributed by atoms with van der Waals surface area (Å²) in [5, 5.41) is 17.6. The number of nitrogens with zero attached hydrogens (tertiary/aromatic N) is 2. The van der Waals surface area contributed by atoms with Crippen LogP contribution in [0.1, 0.15) is 23.0 Å². The first-order valence-corrected chi connectivity index (χ1v) is 10.6. The van der Waals surface area contributed by atoms with Crippen LogP contribution in [0.3, 0.4) is 0 Å². The van der Waals surface area contributed by atoms with E-state index in [9.17, 15) is 9.90 Å².